The van der Waals surface area contributed by atoms with Gasteiger partial charge < -0.3 is 15.7 Å². The Morgan fingerprint density at radius 2 is 1.76 bits per heavy atom. The Morgan fingerprint density at radius 3 is 2.29 bits per heavy atom. The van der Waals surface area contributed by atoms with Gasteiger partial charge in [0.25, 0.3) is 5.91 Å². The Bertz CT molecular complexity index is 505. The van der Waals surface area contributed by atoms with Gasteiger partial charge in [-0.1, -0.05) is 15.9 Å². The zero-order valence-corrected chi connectivity index (χ0v) is 12.2. The van der Waals surface area contributed by atoms with Crippen LogP contribution in [0, 0.1) is 0 Å². The molecule has 3 N–H and O–H groups in total. The lowest BCUT2D eigenvalue weighted by atomic mass is 10.2. The quantitative estimate of drug-likeness (QED) is 0.731. The number of carbonyl (C=O) groups excluding carboxylic acids is 2. The number of rotatable bonds is 5. The van der Waals surface area contributed by atoms with Gasteiger partial charge in [-0.3, -0.25) is 9.59 Å². The van der Waals surface area contributed by atoms with Gasteiger partial charge in [0, 0.05) is 10.0 Å². The number of hydrogen-bond acceptors (Lipinski definition) is 3. The van der Waals surface area contributed by atoms with Gasteiger partial charge in [0.05, 0.1) is 13.1 Å². The second-order valence-corrected chi connectivity index (χ2v) is 4.97. The number of alkyl halides is 3. The molecule has 0 saturated heterocycles. The zero-order chi connectivity index (χ0) is 16.0. The Kier molecular flexibility index (Phi) is 6.16. The summed E-state index contributed by atoms with van der Waals surface area (Å²) in [6, 6.07) is 6.30. The maximum atomic E-state index is 12.0. The molecule has 1 rings (SSSR count). The summed E-state index contributed by atoms with van der Waals surface area (Å²) < 4.78 is 36.8. The van der Waals surface area contributed by atoms with Gasteiger partial charge in [-0.05, 0) is 24.3 Å². The molecule has 0 fully saturated rings. The van der Waals surface area contributed by atoms with Crippen LogP contribution >= 0.6 is 15.9 Å². The number of aliphatic hydroxyl groups excluding tert-OH is 1. The van der Waals surface area contributed by atoms with Crippen molar-refractivity contribution in [3.05, 3.63) is 34.3 Å². The molecule has 21 heavy (non-hydrogen) atoms. The highest BCUT2D eigenvalue weighted by Crippen LogP contribution is 2.19. The minimum absolute atomic E-state index is 0.307. The van der Waals surface area contributed by atoms with Crippen LogP contribution in [0.5, 0.6) is 0 Å². The molecule has 5 nitrogen and oxygen atoms in total. The molecule has 1 aromatic rings. The van der Waals surface area contributed by atoms with E-state index in [0.29, 0.717) is 5.56 Å². The first-order valence-corrected chi connectivity index (χ1v) is 6.54. The lowest BCUT2D eigenvalue weighted by Crippen LogP contribution is -2.44. The van der Waals surface area contributed by atoms with Crippen LogP contribution in [-0.2, 0) is 4.79 Å². The normalized spacial score (nSPS) is 12.6. The highest BCUT2D eigenvalue weighted by molar-refractivity contribution is 9.10. The summed E-state index contributed by atoms with van der Waals surface area (Å²) in [6.45, 7) is -1.45. The van der Waals surface area contributed by atoms with Gasteiger partial charge in [-0.15, -0.1) is 0 Å². The van der Waals surface area contributed by atoms with Gasteiger partial charge in [0.1, 0.15) is 0 Å². The third-order valence-electron chi connectivity index (χ3n) is 2.39. The van der Waals surface area contributed by atoms with Crippen molar-refractivity contribution in [1.29, 1.82) is 0 Å². The van der Waals surface area contributed by atoms with E-state index in [4.69, 9.17) is 5.11 Å². The minimum Gasteiger partial charge on any atom is -0.382 e. The SMILES string of the molecule is O=C(CNC(=O)c1ccc(Br)cc1)NCC(O)C(F)(F)F. The van der Waals surface area contributed by atoms with E-state index >= 15 is 0 Å². The summed E-state index contributed by atoms with van der Waals surface area (Å²) in [5, 5.41) is 12.8. The largest absolute Gasteiger partial charge is 0.416 e. The fourth-order valence-corrected chi connectivity index (χ4v) is 1.52. The van der Waals surface area contributed by atoms with Crippen molar-refractivity contribution in [2.24, 2.45) is 0 Å². The Morgan fingerprint density at radius 1 is 1.19 bits per heavy atom. The van der Waals surface area contributed by atoms with Crippen LogP contribution in [0.2, 0.25) is 0 Å². The monoisotopic (exact) mass is 368 g/mol. The summed E-state index contributed by atoms with van der Waals surface area (Å²) in [6.07, 6.45) is -7.43. The molecule has 2 amide bonds. The van der Waals surface area contributed by atoms with E-state index in [1.165, 1.54) is 12.1 Å². The van der Waals surface area contributed by atoms with Crippen molar-refractivity contribution < 1.29 is 27.9 Å². The van der Waals surface area contributed by atoms with E-state index in [0.717, 1.165) is 4.47 Å². The van der Waals surface area contributed by atoms with Crippen LogP contribution in [-0.4, -0.2) is 42.3 Å². The van der Waals surface area contributed by atoms with Crippen LogP contribution in [0.15, 0.2) is 28.7 Å². The molecule has 0 heterocycles. The third-order valence-corrected chi connectivity index (χ3v) is 2.91. The maximum Gasteiger partial charge on any atom is 0.416 e. The second kappa shape index (κ2) is 7.41. The number of amides is 2. The molecule has 0 aromatic heterocycles. The molecule has 1 atom stereocenters. The van der Waals surface area contributed by atoms with Crippen LogP contribution < -0.4 is 10.6 Å². The van der Waals surface area contributed by atoms with Crippen molar-refractivity contribution >= 4 is 27.7 Å². The van der Waals surface area contributed by atoms with Gasteiger partial charge >= 0.3 is 6.18 Å². The van der Waals surface area contributed by atoms with Crippen LogP contribution in [0.3, 0.4) is 0 Å². The van der Waals surface area contributed by atoms with E-state index in [-0.39, 0.29) is 0 Å². The van der Waals surface area contributed by atoms with E-state index in [1.807, 2.05) is 5.32 Å². The number of benzene rings is 1. The van der Waals surface area contributed by atoms with E-state index in [1.54, 1.807) is 12.1 Å². The van der Waals surface area contributed by atoms with Crippen LogP contribution in [0.25, 0.3) is 0 Å². The van der Waals surface area contributed by atoms with Crippen molar-refractivity contribution in [3.8, 4) is 0 Å². The fraction of sp³-hybridized carbons (Fsp3) is 0.333. The first-order chi connectivity index (χ1) is 9.70. The first-order valence-electron chi connectivity index (χ1n) is 5.75. The highest BCUT2D eigenvalue weighted by atomic mass is 79.9. The summed E-state index contributed by atoms with van der Waals surface area (Å²) in [5.41, 5.74) is 0.307. The van der Waals surface area contributed by atoms with Crippen molar-refractivity contribution in [2.45, 2.75) is 12.3 Å². The van der Waals surface area contributed by atoms with Crippen LogP contribution in [0.4, 0.5) is 13.2 Å². The number of carbonyl (C=O) groups is 2. The molecule has 116 valence electrons. The Hall–Kier alpha value is -1.61. The number of nitrogens with one attached hydrogen (secondary N) is 2. The molecule has 1 unspecified atom stereocenters. The van der Waals surface area contributed by atoms with Crippen molar-refractivity contribution in [3.63, 3.8) is 0 Å². The summed E-state index contributed by atoms with van der Waals surface area (Å²) in [7, 11) is 0. The van der Waals surface area contributed by atoms with Gasteiger partial charge in [0.15, 0.2) is 6.10 Å². The third kappa shape index (κ3) is 6.13. The van der Waals surface area contributed by atoms with Gasteiger partial charge in [-0.25, -0.2) is 0 Å². The second-order valence-electron chi connectivity index (χ2n) is 4.05. The number of halogens is 4. The number of aliphatic hydroxyl groups is 1. The lowest BCUT2D eigenvalue weighted by molar-refractivity contribution is -0.201. The predicted molar refractivity (Wildman–Crippen MR) is 71.5 cm³/mol. The van der Waals surface area contributed by atoms with Crippen LogP contribution in [0.1, 0.15) is 10.4 Å². The van der Waals surface area contributed by atoms with Gasteiger partial charge in [-0.2, -0.15) is 13.2 Å². The zero-order valence-electron chi connectivity index (χ0n) is 10.6. The van der Waals surface area contributed by atoms with Gasteiger partial charge in [0.2, 0.25) is 5.91 Å². The molecule has 0 aliphatic rings. The maximum absolute atomic E-state index is 12.0. The number of hydrogen-bond donors (Lipinski definition) is 3. The molecular weight excluding hydrogens is 357 g/mol. The summed E-state index contributed by atoms with van der Waals surface area (Å²) >= 11 is 3.20. The summed E-state index contributed by atoms with van der Waals surface area (Å²) in [5.74, 6) is -1.36. The molecule has 0 radical (unpaired) electrons. The minimum atomic E-state index is -4.80. The van der Waals surface area contributed by atoms with Crippen molar-refractivity contribution in [2.75, 3.05) is 13.1 Å². The molecule has 1 aromatic carbocycles. The first kappa shape index (κ1) is 17.4. The predicted octanol–water partition coefficient (Wildman–Crippen LogP) is 1.22. The summed E-state index contributed by atoms with van der Waals surface area (Å²) in [4.78, 5) is 22.9. The molecule has 0 aliphatic carbocycles. The van der Waals surface area contributed by atoms with E-state index in [2.05, 4.69) is 21.2 Å². The van der Waals surface area contributed by atoms with E-state index in [9.17, 15) is 22.8 Å². The molecule has 0 bridgehead atoms. The Balaban J connectivity index is 2.36. The average molecular weight is 369 g/mol. The lowest BCUT2D eigenvalue weighted by Gasteiger charge is -2.15. The van der Waals surface area contributed by atoms with E-state index < -0.39 is 37.2 Å². The molecule has 0 saturated carbocycles. The average Bonchev–Trinajstić information content (AvgIpc) is 2.41. The molecule has 0 aliphatic heterocycles. The Labute approximate surface area is 126 Å². The highest BCUT2D eigenvalue weighted by Gasteiger charge is 2.38. The smallest absolute Gasteiger partial charge is 0.382 e. The fourth-order valence-electron chi connectivity index (χ4n) is 1.25. The van der Waals surface area contributed by atoms with Crippen molar-refractivity contribution in [1.82, 2.24) is 10.6 Å². The standard InChI is InChI=1S/C12H12BrF3N2O3/c13-8-3-1-7(2-4-8)11(21)18-6-10(20)17-5-9(19)12(14,15)16/h1-4,9,19H,5-6H2,(H,17,20)(H,18,21). The molecular formula is C12H12BrF3N2O3. The topological polar surface area (TPSA) is 78.4 Å². The molecule has 9 heteroatoms. The molecule has 0 spiro atoms.